The summed E-state index contributed by atoms with van der Waals surface area (Å²) in [6.45, 7) is 7.77. The Bertz CT molecular complexity index is 653. The molecule has 22 heavy (non-hydrogen) atoms. The number of benzene rings is 1. The zero-order valence-corrected chi connectivity index (χ0v) is 13.9. The van der Waals surface area contributed by atoms with Crippen molar-refractivity contribution in [1.82, 2.24) is 10.2 Å². The summed E-state index contributed by atoms with van der Waals surface area (Å²) in [6.07, 6.45) is 0. The lowest BCUT2D eigenvalue weighted by Gasteiger charge is -2.34. The van der Waals surface area contributed by atoms with E-state index in [2.05, 4.69) is 17.4 Å². The van der Waals surface area contributed by atoms with Crippen LogP contribution in [0.3, 0.4) is 0 Å². The van der Waals surface area contributed by atoms with Gasteiger partial charge in [0.15, 0.2) is 0 Å². The zero-order chi connectivity index (χ0) is 16.6. The highest BCUT2D eigenvalue weighted by molar-refractivity contribution is 5.95. The molecule has 0 aliphatic carbocycles. The molecule has 0 spiro atoms. The van der Waals surface area contributed by atoms with E-state index in [0.717, 1.165) is 22.3 Å². The first kappa shape index (κ1) is 16.1. The molecular weight excluding hydrogens is 280 g/mol. The van der Waals surface area contributed by atoms with Gasteiger partial charge < -0.3 is 15.0 Å². The Balaban J connectivity index is 2.67. The molecule has 0 radical (unpaired) electrons. The van der Waals surface area contributed by atoms with E-state index in [1.54, 1.807) is 14.0 Å². The normalized spacial score (nSPS) is 18.4. The van der Waals surface area contributed by atoms with E-state index in [1.807, 2.05) is 20.8 Å². The molecule has 1 aliphatic rings. The fourth-order valence-corrected chi connectivity index (χ4v) is 3.07. The van der Waals surface area contributed by atoms with Gasteiger partial charge in [0.25, 0.3) is 0 Å². The first-order chi connectivity index (χ1) is 10.3. The number of nitrogens with zero attached hydrogens (tertiary/aromatic N) is 1. The van der Waals surface area contributed by atoms with Gasteiger partial charge in [-0.1, -0.05) is 17.7 Å². The van der Waals surface area contributed by atoms with Crippen LogP contribution in [0, 0.1) is 20.8 Å². The molecule has 1 heterocycles. The summed E-state index contributed by atoms with van der Waals surface area (Å²) < 4.78 is 4.92. The molecular formula is C17H22N2O3. The lowest BCUT2D eigenvalue weighted by atomic mass is 9.88. The van der Waals surface area contributed by atoms with Crippen molar-refractivity contribution in [3.63, 3.8) is 0 Å². The van der Waals surface area contributed by atoms with Gasteiger partial charge >= 0.3 is 12.0 Å². The summed E-state index contributed by atoms with van der Waals surface area (Å²) in [5.74, 6) is -0.422. The standard InChI is InChI=1S/C17H22N2O3/c1-9-7-10(2)13(11(3)8-9)15-14(16(20)22-6)12(4)19(5)17(21)18-15/h7-8,15H,1-6H3,(H,18,21). The fraction of sp³-hybridized carbons (Fsp3) is 0.412. The van der Waals surface area contributed by atoms with E-state index < -0.39 is 12.0 Å². The highest BCUT2D eigenvalue weighted by Crippen LogP contribution is 2.34. The molecule has 118 valence electrons. The molecule has 1 unspecified atom stereocenters. The minimum Gasteiger partial charge on any atom is -0.466 e. The molecule has 2 rings (SSSR count). The second-order valence-corrected chi connectivity index (χ2v) is 5.74. The van der Waals surface area contributed by atoms with Gasteiger partial charge in [-0.25, -0.2) is 9.59 Å². The van der Waals surface area contributed by atoms with Crippen molar-refractivity contribution in [2.45, 2.75) is 33.7 Å². The number of aryl methyl sites for hydroxylation is 3. The third-order valence-corrected chi connectivity index (χ3v) is 4.19. The summed E-state index contributed by atoms with van der Waals surface area (Å²) in [6, 6.07) is 3.39. The van der Waals surface area contributed by atoms with Crippen molar-refractivity contribution >= 4 is 12.0 Å². The van der Waals surface area contributed by atoms with Gasteiger partial charge in [-0.15, -0.1) is 0 Å². The highest BCUT2D eigenvalue weighted by Gasteiger charge is 2.36. The molecule has 1 aromatic rings. The van der Waals surface area contributed by atoms with Crippen LogP contribution in [-0.4, -0.2) is 31.1 Å². The maximum atomic E-state index is 12.2. The van der Waals surface area contributed by atoms with Gasteiger partial charge in [-0.2, -0.15) is 0 Å². The van der Waals surface area contributed by atoms with Gasteiger partial charge in [0.05, 0.1) is 18.7 Å². The Hall–Kier alpha value is -2.30. The molecule has 5 nitrogen and oxygen atoms in total. The van der Waals surface area contributed by atoms with Gasteiger partial charge in [0.2, 0.25) is 0 Å². The number of rotatable bonds is 2. The zero-order valence-electron chi connectivity index (χ0n) is 13.9. The van der Waals surface area contributed by atoms with E-state index in [4.69, 9.17) is 4.74 Å². The monoisotopic (exact) mass is 302 g/mol. The van der Waals surface area contributed by atoms with Crippen LogP contribution in [0.25, 0.3) is 0 Å². The van der Waals surface area contributed by atoms with Crippen molar-refractivity contribution in [2.24, 2.45) is 0 Å². The molecule has 1 aliphatic heterocycles. The summed E-state index contributed by atoms with van der Waals surface area (Å²) in [5.41, 5.74) is 5.27. The SMILES string of the molecule is COC(=O)C1=C(C)N(C)C(=O)NC1c1c(C)cc(C)cc1C. The van der Waals surface area contributed by atoms with Crippen molar-refractivity contribution in [2.75, 3.05) is 14.2 Å². The summed E-state index contributed by atoms with van der Waals surface area (Å²) in [4.78, 5) is 25.8. The Morgan fingerprint density at radius 3 is 2.23 bits per heavy atom. The van der Waals surface area contributed by atoms with Crippen LogP contribution in [0.4, 0.5) is 4.79 Å². The van der Waals surface area contributed by atoms with Crippen LogP contribution in [0.2, 0.25) is 0 Å². The number of allylic oxidation sites excluding steroid dienone is 1. The Labute approximate surface area is 130 Å². The molecule has 1 atom stereocenters. The molecule has 0 saturated heterocycles. The second kappa shape index (κ2) is 5.83. The maximum absolute atomic E-state index is 12.2. The van der Waals surface area contributed by atoms with Gasteiger partial charge in [0.1, 0.15) is 0 Å². The van der Waals surface area contributed by atoms with Crippen LogP contribution in [0.5, 0.6) is 0 Å². The smallest absolute Gasteiger partial charge is 0.337 e. The van der Waals surface area contributed by atoms with Crippen molar-refractivity contribution in [3.8, 4) is 0 Å². The van der Waals surface area contributed by atoms with Gasteiger partial charge in [0, 0.05) is 12.7 Å². The van der Waals surface area contributed by atoms with Crippen LogP contribution in [-0.2, 0) is 9.53 Å². The molecule has 0 saturated carbocycles. The summed E-state index contributed by atoms with van der Waals surface area (Å²) in [5, 5.41) is 2.91. The number of carbonyl (C=O) groups is 2. The van der Waals surface area contributed by atoms with Crippen LogP contribution in [0.15, 0.2) is 23.4 Å². The number of methoxy groups -OCH3 is 1. The third kappa shape index (κ3) is 2.58. The molecule has 5 heteroatoms. The van der Waals surface area contributed by atoms with Crippen molar-refractivity contribution in [1.29, 1.82) is 0 Å². The summed E-state index contributed by atoms with van der Waals surface area (Å²) >= 11 is 0. The Morgan fingerprint density at radius 1 is 1.18 bits per heavy atom. The van der Waals surface area contributed by atoms with Gasteiger partial charge in [-0.05, 0) is 44.4 Å². The predicted molar refractivity (Wildman–Crippen MR) is 84.4 cm³/mol. The number of hydrogen-bond acceptors (Lipinski definition) is 3. The summed E-state index contributed by atoms with van der Waals surface area (Å²) in [7, 11) is 2.99. The predicted octanol–water partition coefficient (Wildman–Crippen LogP) is 2.75. The second-order valence-electron chi connectivity index (χ2n) is 5.74. The maximum Gasteiger partial charge on any atom is 0.337 e. The Morgan fingerprint density at radius 2 is 1.73 bits per heavy atom. The van der Waals surface area contributed by atoms with E-state index >= 15 is 0 Å². The first-order valence-corrected chi connectivity index (χ1v) is 7.19. The molecule has 1 aromatic carbocycles. The van der Waals surface area contributed by atoms with Crippen LogP contribution < -0.4 is 5.32 Å². The average Bonchev–Trinajstić information content (AvgIpc) is 2.43. The van der Waals surface area contributed by atoms with Crippen molar-refractivity contribution < 1.29 is 14.3 Å². The number of esters is 1. The lowest BCUT2D eigenvalue weighted by Crippen LogP contribution is -2.46. The molecule has 1 N–H and O–H groups in total. The molecule has 2 amide bonds. The van der Waals surface area contributed by atoms with E-state index in [9.17, 15) is 9.59 Å². The number of hydrogen-bond donors (Lipinski definition) is 1. The number of carbonyl (C=O) groups excluding carboxylic acids is 2. The molecule has 0 fully saturated rings. The highest BCUT2D eigenvalue weighted by atomic mass is 16.5. The van der Waals surface area contributed by atoms with Crippen molar-refractivity contribution in [3.05, 3.63) is 45.7 Å². The van der Waals surface area contributed by atoms with E-state index in [-0.39, 0.29) is 6.03 Å². The van der Waals surface area contributed by atoms with E-state index in [1.165, 1.54) is 12.0 Å². The number of nitrogens with one attached hydrogen (secondary N) is 1. The number of urea groups is 1. The Kier molecular flexibility index (Phi) is 4.26. The molecule has 0 bridgehead atoms. The number of ether oxygens (including phenoxy) is 1. The van der Waals surface area contributed by atoms with E-state index in [0.29, 0.717) is 11.3 Å². The average molecular weight is 302 g/mol. The minimum absolute atomic E-state index is 0.227. The third-order valence-electron chi connectivity index (χ3n) is 4.19. The van der Waals surface area contributed by atoms with Crippen LogP contribution >= 0.6 is 0 Å². The number of amides is 2. The largest absolute Gasteiger partial charge is 0.466 e. The van der Waals surface area contributed by atoms with Crippen LogP contribution in [0.1, 0.15) is 35.2 Å². The first-order valence-electron chi connectivity index (χ1n) is 7.19. The fourth-order valence-electron chi connectivity index (χ4n) is 3.07. The lowest BCUT2D eigenvalue weighted by molar-refractivity contribution is -0.136. The minimum atomic E-state index is -0.489. The molecule has 0 aromatic heterocycles. The topological polar surface area (TPSA) is 58.6 Å². The quantitative estimate of drug-likeness (QED) is 0.855. The van der Waals surface area contributed by atoms with Gasteiger partial charge in [-0.3, -0.25) is 0 Å².